The molecule has 1 atom stereocenters. The molecule has 1 amide bonds. The predicted molar refractivity (Wildman–Crippen MR) is 138 cm³/mol. The largest absolute Gasteiger partial charge is 0.507 e. The van der Waals surface area contributed by atoms with Gasteiger partial charge >= 0.3 is 0 Å². The highest BCUT2D eigenvalue weighted by Crippen LogP contribution is 2.46. The summed E-state index contributed by atoms with van der Waals surface area (Å²) in [5.41, 5.74) is 4.93. The van der Waals surface area contributed by atoms with Crippen molar-refractivity contribution in [3.05, 3.63) is 58.3 Å². The van der Waals surface area contributed by atoms with Crippen molar-refractivity contribution >= 4 is 5.91 Å². The van der Waals surface area contributed by atoms with Crippen molar-refractivity contribution in [3.63, 3.8) is 0 Å². The molecule has 192 valence electrons. The summed E-state index contributed by atoms with van der Waals surface area (Å²) < 4.78 is 16.9. The first-order valence-electron chi connectivity index (χ1n) is 12.4. The van der Waals surface area contributed by atoms with E-state index in [1.807, 2.05) is 44.2 Å². The van der Waals surface area contributed by atoms with Crippen molar-refractivity contribution in [2.75, 3.05) is 34.0 Å². The molecule has 1 aliphatic heterocycles. The van der Waals surface area contributed by atoms with Gasteiger partial charge in [0, 0.05) is 24.8 Å². The Morgan fingerprint density at radius 3 is 2.61 bits per heavy atom. The number of hydrogen-bond acceptors (Lipinski definition) is 6. The van der Waals surface area contributed by atoms with Gasteiger partial charge in [0.2, 0.25) is 0 Å². The number of carbonyl (C=O) groups is 1. The van der Waals surface area contributed by atoms with Crippen molar-refractivity contribution in [2.45, 2.75) is 46.1 Å². The van der Waals surface area contributed by atoms with Crippen molar-refractivity contribution in [1.82, 2.24) is 15.1 Å². The molecular weight excluding hydrogens is 458 g/mol. The van der Waals surface area contributed by atoms with Gasteiger partial charge in [-0.15, -0.1) is 0 Å². The minimum atomic E-state index is -0.431. The number of unbranched alkanes of at least 4 members (excludes halogenated alkanes) is 2. The number of aromatic amines is 1. The number of ether oxygens (including phenoxy) is 3. The van der Waals surface area contributed by atoms with Crippen molar-refractivity contribution in [2.24, 2.45) is 0 Å². The number of phenolic OH excluding ortho intramolecular Hbond substituents is 1. The molecule has 8 heteroatoms. The van der Waals surface area contributed by atoms with Crippen LogP contribution in [-0.4, -0.2) is 60.1 Å². The van der Waals surface area contributed by atoms with E-state index in [2.05, 4.69) is 17.1 Å². The third-order valence-corrected chi connectivity index (χ3v) is 6.61. The highest BCUT2D eigenvalue weighted by atomic mass is 16.5. The summed E-state index contributed by atoms with van der Waals surface area (Å²) in [6.07, 6.45) is 3.21. The minimum absolute atomic E-state index is 0.157. The van der Waals surface area contributed by atoms with Gasteiger partial charge in [0.25, 0.3) is 5.91 Å². The number of amides is 1. The number of nitrogens with zero attached hydrogens (tertiary/aromatic N) is 2. The third kappa shape index (κ3) is 4.78. The number of nitrogens with one attached hydrogen (secondary N) is 1. The summed E-state index contributed by atoms with van der Waals surface area (Å²) in [5.74, 6) is 1.28. The predicted octanol–water partition coefficient (Wildman–Crippen LogP) is 5.17. The first-order chi connectivity index (χ1) is 17.4. The lowest BCUT2D eigenvalue weighted by molar-refractivity contribution is 0.0677. The Hall–Kier alpha value is -3.52. The summed E-state index contributed by atoms with van der Waals surface area (Å²) in [7, 11) is 3.23. The number of methoxy groups -OCH3 is 2. The topological polar surface area (TPSA) is 96.9 Å². The minimum Gasteiger partial charge on any atom is -0.507 e. The van der Waals surface area contributed by atoms with Crippen LogP contribution in [0.2, 0.25) is 0 Å². The number of carbonyl (C=O) groups excluding carboxylic acids is 1. The van der Waals surface area contributed by atoms with Crippen LogP contribution in [0.3, 0.4) is 0 Å². The Kier molecular flexibility index (Phi) is 7.84. The van der Waals surface area contributed by atoms with Gasteiger partial charge in [0.05, 0.1) is 26.4 Å². The second-order valence-corrected chi connectivity index (χ2v) is 9.20. The Bertz CT molecular complexity index is 1240. The number of rotatable bonds is 11. The van der Waals surface area contributed by atoms with Gasteiger partial charge in [-0.1, -0.05) is 31.9 Å². The molecule has 1 unspecified atom stereocenters. The zero-order valence-electron chi connectivity index (χ0n) is 21.7. The SMILES string of the molecule is CCCCCOc1ccc(C2c3c(-c4cc(C)cc(C)c4O)n[nH]c3C(=O)N2CCOC)cc1OC. The van der Waals surface area contributed by atoms with E-state index in [0.717, 1.165) is 41.5 Å². The molecule has 1 aliphatic rings. The fraction of sp³-hybridized carbons (Fsp3) is 0.429. The average Bonchev–Trinajstić information content (AvgIpc) is 3.41. The molecule has 1 aromatic heterocycles. The molecule has 0 bridgehead atoms. The van der Waals surface area contributed by atoms with Gasteiger partial charge in [-0.3, -0.25) is 9.89 Å². The van der Waals surface area contributed by atoms with Crippen molar-refractivity contribution in [3.8, 4) is 28.5 Å². The summed E-state index contributed by atoms with van der Waals surface area (Å²) in [6, 6.07) is 9.16. The van der Waals surface area contributed by atoms with Gasteiger partial charge in [0.15, 0.2) is 11.5 Å². The van der Waals surface area contributed by atoms with Crippen LogP contribution in [0.4, 0.5) is 0 Å². The lowest BCUT2D eigenvalue weighted by Gasteiger charge is -2.27. The average molecular weight is 494 g/mol. The number of phenols is 1. The number of hydrogen-bond donors (Lipinski definition) is 2. The van der Waals surface area contributed by atoms with Crippen LogP contribution in [0.25, 0.3) is 11.3 Å². The number of aromatic hydroxyl groups is 1. The van der Waals surface area contributed by atoms with E-state index in [1.165, 1.54) is 0 Å². The van der Waals surface area contributed by atoms with E-state index in [-0.39, 0.29) is 11.7 Å². The second-order valence-electron chi connectivity index (χ2n) is 9.20. The van der Waals surface area contributed by atoms with Gasteiger partial charge in [-0.25, -0.2) is 0 Å². The second kappa shape index (κ2) is 11.0. The Balaban J connectivity index is 1.80. The maximum absolute atomic E-state index is 13.5. The molecule has 8 nitrogen and oxygen atoms in total. The Labute approximate surface area is 212 Å². The first kappa shape index (κ1) is 25.6. The molecule has 0 aliphatic carbocycles. The molecule has 0 spiro atoms. The summed E-state index contributed by atoms with van der Waals surface area (Å²) >= 11 is 0. The molecule has 4 rings (SSSR count). The molecular formula is C28H35N3O5. The standard InChI is InChI=1S/C28H35N3O5/c1-6-7-8-12-36-21-10-9-19(16-22(21)35-5)26-23-24(20-15-17(2)14-18(3)27(20)32)29-30-25(23)28(33)31(26)11-13-34-4/h9-10,14-16,26,32H,6-8,11-13H2,1-5H3,(H,29,30). The molecule has 2 N–H and O–H groups in total. The van der Waals surface area contributed by atoms with Gasteiger partial charge < -0.3 is 24.2 Å². The third-order valence-electron chi connectivity index (χ3n) is 6.61. The summed E-state index contributed by atoms with van der Waals surface area (Å²) in [5, 5.41) is 18.3. The highest BCUT2D eigenvalue weighted by molar-refractivity contribution is 6.00. The fourth-order valence-corrected chi connectivity index (χ4v) is 4.82. The molecule has 0 fully saturated rings. The molecule has 2 heterocycles. The normalized spacial score (nSPS) is 14.9. The zero-order chi connectivity index (χ0) is 25.8. The van der Waals surface area contributed by atoms with Crippen molar-refractivity contribution in [1.29, 1.82) is 0 Å². The van der Waals surface area contributed by atoms with Gasteiger partial charge in [0.1, 0.15) is 17.1 Å². The lowest BCUT2D eigenvalue weighted by Crippen LogP contribution is -2.32. The molecule has 0 radical (unpaired) electrons. The van der Waals surface area contributed by atoms with Crippen LogP contribution in [-0.2, 0) is 4.74 Å². The zero-order valence-corrected chi connectivity index (χ0v) is 21.7. The number of aryl methyl sites for hydroxylation is 2. The monoisotopic (exact) mass is 493 g/mol. The Morgan fingerprint density at radius 1 is 1.08 bits per heavy atom. The number of aromatic nitrogens is 2. The molecule has 36 heavy (non-hydrogen) atoms. The van der Waals surface area contributed by atoms with Crippen LogP contribution >= 0.6 is 0 Å². The number of H-pyrrole nitrogens is 1. The summed E-state index contributed by atoms with van der Waals surface area (Å²) in [6.45, 7) is 7.40. The molecule has 0 saturated carbocycles. The van der Waals surface area contributed by atoms with Crippen LogP contribution in [0.15, 0.2) is 30.3 Å². The van der Waals surface area contributed by atoms with Crippen molar-refractivity contribution < 1.29 is 24.1 Å². The molecule has 2 aromatic carbocycles. The van der Waals surface area contributed by atoms with E-state index >= 15 is 0 Å². The number of fused-ring (bicyclic) bond motifs is 1. The Morgan fingerprint density at radius 2 is 1.89 bits per heavy atom. The van der Waals surface area contributed by atoms with Crippen LogP contribution in [0.1, 0.15) is 65.0 Å². The first-order valence-corrected chi connectivity index (χ1v) is 12.4. The van der Waals surface area contributed by atoms with E-state index in [9.17, 15) is 9.90 Å². The number of benzene rings is 2. The maximum atomic E-state index is 13.5. The van der Waals surface area contributed by atoms with Crippen LogP contribution in [0.5, 0.6) is 17.2 Å². The van der Waals surface area contributed by atoms with E-state index in [1.54, 1.807) is 19.1 Å². The van der Waals surface area contributed by atoms with Gasteiger partial charge in [-0.2, -0.15) is 5.10 Å². The smallest absolute Gasteiger partial charge is 0.273 e. The highest BCUT2D eigenvalue weighted by Gasteiger charge is 2.42. The van der Waals surface area contributed by atoms with E-state index in [4.69, 9.17) is 14.2 Å². The maximum Gasteiger partial charge on any atom is 0.273 e. The van der Waals surface area contributed by atoms with Crippen LogP contribution < -0.4 is 9.47 Å². The fourth-order valence-electron chi connectivity index (χ4n) is 4.82. The summed E-state index contributed by atoms with van der Waals surface area (Å²) in [4.78, 5) is 15.2. The van der Waals surface area contributed by atoms with Crippen LogP contribution in [0, 0.1) is 13.8 Å². The molecule has 3 aromatic rings. The van der Waals surface area contributed by atoms with E-state index in [0.29, 0.717) is 48.2 Å². The quantitative estimate of drug-likeness (QED) is 0.358. The van der Waals surface area contributed by atoms with Gasteiger partial charge in [-0.05, 0) is 55.2 Å². The molecule has 0 saturated heterocycles. The van der Waals surface area contributed by atoms with E-state index < -0.39 is 6.04 Å². The lowest BCUT2D eigenvalue weighted by atomic mass is 9.94.